The topological polar surface area (TPSA) is 48.9 Å². The Balaban J connectivity index is 2.11. The van der Waals surface area contributed by atoms with E-state index in [0.29, 0.717) is 0 Å². The van der Waals surface area contributed by atoms with Gasteiger partial charge in [-0.15, -0.1) is 0 Å². The van der Waals surface area contributed by atoms with Gasteiger partial charge in [-0.2, -0.15) is 0 Å². The van der Waals surface area contributed by atoms with Gasteiger partial charge >= 0.3 is 0 Å². The Bertz CT molecular complexity index is 395. The molecule has 1 aromatic heterocycles. The van der Waals surface area contributed by atoms with E-state index in [1.54, 1.807) is 6.20 Å². The van der Waals surface area contributed by atoms with Gasteiger partial charge in [0, 0.05) is 6.42 Å². The van der Waals surface area contributed by atoms with Crippen molar-refractivity contribution in [1.82, 2.24) is 9.97 Å². The van der Waals surface area contributed by atoms with Crippen molar-refractivity contribution in [3.8, 4) is 0 Å². The first-order chi connectivity index (χ1) is 6.88. The quantitative estimate of drug-likeness (QED) is 0.766. The molecule has 0 aliphatic rings. The Morgan fingerprint density at radius 3 is 2.64 bits per heavy atom. The Hall–Kier alpha value is -1.61. The van der Waals surface area contributed by atoms with Crippen molar-refractivity contribution in [2.24, 2.45) is 0 Å². The number of benzene rings is 1. The van der Waals surface area contributed by atoms with Crippen molar-refractivity contribution in [3.63, 3.8) is 0 Å². The van der Waals surface area contributed by atoms with Crippen molar-refractivity contribution in [2.45, 2.75) is 13.0 Å². The lowest BCUT2D eigenvalue weighted by Crippen LogP contribution is -1.90. The van der Waals surface area contributed by atoms with Crippen LogP contribution in [0.1, 0.15) is 17.1 Å². The molecule has 1 heterocycles. The second-order valence-corrected chi connectivity index (χ2v) is 3.18. The number of nitrogens with one attached hydrogen (secondary N) is 1. The molecule has 0 spiro atoms. The zero-order valence-corrected chi connectivity index (χ0v) is 7.77. The van der Waals surface area contributed by atoms with Crippen LogP contribution in [0.15, 0.2) is 36.5 Å². The molecular weight excluding hydrogens is 176 g/mol. The maximum absolute atomic E-state index is 8.85. The molecule has 3 heteroatoms. The van der Waals surface area contributed by atoms with Crippen molar-refractivity contribution < 1.29 is 5.11 Å². The van der Waals surface area contributed by atoms with Gasteiger partial charge in [0.05, 0.1) is 18.5 Å². The molecule has 0 unspecified atom stereocenters. The van der Waals surface area contributed by atoms with Crippen LogP contribution in [0.2, 0.25) is 0 Å². The van der Waals surface area contributed by atoms with E-state index >= 15 is 0 Å². The fourth-order valence-corrected chi connectivity index (χ4v) is 1.37. The number of nitrogens with zero attached hydrogens (tertiary/aromatic N) is 1. The van der Waals surface area contributed by atoms with Crippen LogP contribution >= 0.6 is 0 Å². The number of H-pyrrole nitrogens is 1. The Kier molecular flexibility index (Phi) is 2.60. The predicted octanol–water partition coefficient (Wildman–Crippen LogP) is 1.49. The standard InChI is InChI=1S/C11H12N2O/c14-8-10-7-12-11(13-10)6-9-4-2-1-3-5-9/h1-5,7,14H,6,8H2,(H,12,13). The van der Waals surface area contributed by atoms with Gasteiger partial charge in [-0.05, 0) is 5.56 Å². The van der Waals surface area contributed by atoms with E-state index in [4.69, 9.17) is 5.11 Å². The van der Waals surface area contributed by atoms with E-state index in [-0.39, 0.29) is 6.61 Å². The molecule has 72 valence electrons. The number of aliphatic hydroxyl groups excluding tert-OH is 1. The van der Waals surface area contributed by atoms with Gasteiger partial charge in [0.25, 0.3) is 0 Å². The first-order valence-corrected chi connectivity index (χ1v) is 4.56. The largest absolute Gasteiger partial charge is 0.390 e. The first kappa shape index (κ1) is 8.97. The van der Waals surface area contributed by atoms with Gasteiger partial charge in [0.2, 0.25) is 0 Å². The summed E-state index contributed by atoms with van der Waals surface area (Å²) in [5.74, 6) is 0.889. The Labute approximate surface area is 82.4 Å². The first-order valence-electron chi connectivity index (χ1n) is 4.56. The zero-order chi connectivity index (χ0) is 9.80. The fourth-order valence-electron chi connectivity index (χ4n) is 1.37. The van der Waals surface area contributed by atoms with Crippen LogP contribution in [-0.2, 0) is 13.0 Å². The molecule has 3 nitrogen and oxygen atoms in total. The minimum absolute atomic E-state index is 0.0157. The predicted molar refractivity (Wildman–Crippen MR) is 53.8 cm³/mol. The molecule has 0 aliphatic heterocycles. The third-order valence-corrected chi connectivity index (χ3v) is 2.07. The van der Waals surface area contributed by atoms with Crippen LogP contribution < -0.4 is 0 Å². The highest BCUT2D eigenvalue weighted by Gasteiger charge is 2.00. The summed E-state index contributed by atoms with van der Waals surface area (Å²) >= 11 is 0. The minimum Gasteiger partial charge on any atom is -0.390 e. The summed E-state index contributed by atoms with van der Waals surface area (Å²) in [7, 11) is 0. The fraction of sp³-hybridized carbons (Fsp3) is 0.182. The number of aromatic nitrogens is 2. The van der Waals surface area contributed by atoms with Crippen LogP contribution in [0.3, 0.4) is 0 Å². The third kappa shape index (κ3) is 2.00. The van der Waals surface area contributed by atoms with Gasteiger partial charge in [-0.1, -0.05) is 30.3 Å². The van der Waals surface area contributed by atoms with E-state index in [1.165, 1.54) is 5.56 Å². The summed E-state index contributed by atoms with van der Waals surface area (Å²) in [6, 6.07) is 10.1. The molecule has 1 aromatic carbocycles. The molecule has 0 radical (unpaired) electrons. The number of aliphatic hydroxyl groups is 1. The van der Waals surface area contributed by atoms with Crippen LogP contribution in [0.5, 0.6) is 0 Å². The lowest BCUT2D eigenvalue weighted by atomic mass is 10.1. The van der Waals surface area contributed by atoms with Gasteiger partial charge in [0.15, 0.2) is 0 Å². The average molecular weight is 188 g/mol. The summed E-state index contributed by atoms with van der Waals surface area (Å²) in [6.07, 6.45) is 2.44. The molecule has 0 amide bonds. The maximum atomic E-state index is 8.85. The normalized spacial score (nSPS) is 10.4. The molecule has 0 bridgehead atoms. The van der Waals surface area contributed by atoms with Crippen LogP contribution in [0.25, 0.3) is 0 Å². The number of rotatable bonds is 3. The molecule has 0 aliphatic carbocycles. The summed E-state index contributed by atoms with van der Waals surface area (Å²) < 4.78 is 0. The summed E-state index contributed by atoms with van der Waals surface area (Å²) in [4.78, 5) is 7.22. The molecular formula is C11H12N2O. The lowest BCUT2D eigenvalue weighted by Gasteiger charge is -1.96. The second-order valence-electron chi connectivity index (χ2n) is 3.18. The lowest BCUT2D eigenvalue weighted by molar-refractivity contribution is 0.277. The van der Waals surface area contributed by atoms with E-state index < -0.39 is 0 Å². The number of aromatic amines is 1. The van der Waals surface area contributed by atoms with Crippen molar-refractivity contribution in [2.75, 3.05) is 0 Å². The molecule has 14 heavy (non-hydrogen) atoms. The van der Waals surface area contributed by atoms with E-state index in [1.807, 2.05) is 18.2 Å². The van der Waals surface area contributed by atoms with Gasteiger partial charge in [0.1, 0.15) is 5.82 Å². The summed E-state index contributed by atoms with van der Waals surface area (Å²) in [5, 5.41) is 8.85. The minimum atomic E-state index is 0.0157. The van der Waals surface area contributed by atoms with Crippen LogP contribution in [-0.4, -0.2) is 15.1 Å². The SMILES string of the molecule is OCc1cnc(Cc2ccccc2)[nH]1. The smallest absolute Gasteiger partial charge is 0.110 e. The number of hydrogen-bond donors (Lipinski definition) is 2. The highest BCUT2D eigenvalue weighted by molar-refractivity contribution is 5.19. The molecule has 2 N–H and O–H groups in total. The van der Waals surface area contributed by atoms with Gasteiger partial charge in [-0.3, -0.25) is 0 Å². The van der Waals surface area contributed by atoms with Gasteiger partial charge < -0.3 is 10.1 Å². The zero-order valence-electron chi connectivity index (χ0n) is 7.77. The molecule has 0 saturated carbocycles. The van der Waals surface area contributed by atoms with Crippen LogP contribution in [0.4, 0.5) is 0 Å². The summed E-state index contributed by atoms with van der Waals surface area (Å²) in [6.45, 7) is 0.0157. The Morgan fingerprint density at radius 1 is 1.21 bits per heavy atom. The molecule has 0 saturated heterocycles. The second kappa shape index (κ2) is 4.07. The van der Waals surface area contributed by atoms with E-state index in [2.05, 4.69) is 22.1 Å². The van der Waals surface area contributed by atoms with Crippen molar-refractivity contribution >= 4 is 0 Å². The van der Waals surface area contributed by atoms with Crippen molar-refractivity contribution in [1.29, 1.82) is 0 Å². The molecule has 0 fully saturated rings. The van der Waals surface area contributed by atoms with E-state index in [9.17, 15) is 0 Å². The monoisotopic (exact) mass is 188 g/mol. The Morgan fingerprint density at radius 2 is 2.00 bits per heavy atom. The van der Waals surface area contributed by atoms with E-state index in [0.717, 1.165) is 17.9 Å². The van der Waals surface area contributed by atoms with Gasteiger partial charge in [-0.25, -0.2) is 4.98 Å². The maximum Gasteiger partial charge on any atom is 0.110 e. The molecule has 2 aromatic rings. The molecule has 0 atom stereocenters. The number of hydrogen-bond acceptors (Lipinski definition) is 2. The highest BCUT2D eigenvalue weighted by Crippen LogP contribution is 2.06. The number of imidazole rings is 1. The van der Waals surface area contributed by atoms with Crippen LogP contribution in [0, 0.1) is 0 Å². The average Bonchev–Trinajstić information content (AvgIpc) is 2.67. The molecule has 2 rings (SSSR count). The highest BCUT2D eigenvalue weighted by atomic mass is 16.3. The summed E-state index contributed by atoms with van der Waals surface area (Å²) in [5.41, 5.74) is 1.97. The third-order valence-electron chi connectivity index (χ3n) is 2.07. The van der Waals surface area contributed by atoms with Crippen molar-refractivity contribution in [3.05, 3.63) is 53.6 Å².